The fourth-order valence-electron chi connectivity index (χ4n) is 1.86. The van der Waals surface area contributed by atoms with Crippen LogP contribution in [0.3, 0.4) is 0 Å². The number of sulfone groups is 1. The van der Waals surface area contributed by atoms with E-state index in [9.17, 15) is 8.42 Å². The summed E-state index contributed by atoms with van der Waals surface area (Å²) in [6, 6.07) is 7.25. The van der Waals surface area contributed by atoms with Gasteiger partial charge in [-0.25, -0.2) is 8.42 Å². The van der Waals surface area contributed by atoms with Gasteiger partial charge >= 0.3 is 0 Å². The number of hydrogen-bond donors (Lipinski definition) is 1. The molecule has 0 aliphatic rings. The average molecular weight is 301 g/mol. The molecule has 0 fully saturated rings. The second kappa shape index (κ2) is 8.24. The largest absolute Gasteiger partial charge is 0.494 e. The van der Waals surface area contributed by atoms with E-state index in [1.54, 1.807) is 7.05 Å². The molecule has 0 spiro atoms. The molecule has 0 amide bonds. The number of nitrogens with one attached hydrogen (secondary N) is 1. The Kier molecular flexibility index (Phi) is 6.98. The predicted molar refractivity (Wildman–Crippen MR) is 79.9 cm³/mol. The maximum absolute atomic E-state index is 12.0. The number of ether oxygens (including phenoxy) is 2. The van der Waals surface area contributed by atoms with Crippen molar-refractivity contribution in [3.8, 4) is 5.75 Å². The van der Waals surface area contributed by atoms with Crippen molar-refractivity contribution >= 4 is 9.84 Å². The summed E-state index contributed by atoms with van der Waals surface area (Å²) in [5.41, 5.74) is 0.928. The van der Waals surface area contributed by atoms with Crippen molar-refractivity contribution < 1.29 is 17.9 Å². The highest BCUT2D eigenvalue weighted by Crippen LogP contribution is 2.19. The van der Waals surface area contributed by atoms with Crippen LogP contribution in [0.4, 0.5) is 0 Å². The molecule has 1 aromatic rings. The van der Waals surface area contributed by atoms with Crippen LogP contribution < -0.4 is 10.1 Å². The zero-order chi connectivity index (χ0) is 15.0. The summed E-state index contributed by atoms with van der Waals surface area (Å²) in [4.78, 5) is 0. The first kappa shape index (κ1) is 16.9. The molecule has 20 heavy (non-hydrogen) atoms. The Morgan fingerprint density at radius 2 is 1.90 bits per heavy atom. The third-order valence-corrected chi connectivity index (χ3v) is 4.59. The summed E-state index contributed by atoms with van der Waals surface area (Å²) in [5.74, 6) is 0.882. The molecule has 0 aliphatic carbocycles. The zero-order valence-corrected chi connectivity index (χ0v) is 13.1. The predicted octanol–water partition coefficient (Wildman–Crippen LogP) is 1.41. The molecule has 1 aromatic carbocycles. The van der Waals surface area contributed by atoms with E-state index in [2.05, 4.69) is 5.32 Å². The molecule has 1 N–H and O–H groups in total. The van der Waals surface area contributed by atoms with Gasteiger partial charge in [-0.3, -0.25) is 0 Å². The van der Waals surface area contributed by atoms with Crippen molar-refractivity contribution in [2.45, 2.75) is 13.0 Å². The lowest BCUT2D eigenvalue weighted by molar-refractivity contribution is 0.217. The van der Waals surface area contributed by atoms with Crippen molar-refractivity contribution in [2.24, 2.45) is 0 Å². The number of hydrogen-bond acceptors (Lipinski definition) is 5. The second-order valence-corrected chi connectivity index (χ2v) is 6.68. The minimum absolute atomic E-state index is 0.0404. The highest BCUT2D eigenvalue weighted by molar-refractivity contribution is 7.91. The van der Waals surface area contributed by atoms with Crippen LogP contribution in [0.25, 0.3) is 0 Å². The van der Waals surface area contributed by atoms with Gasteiger partial charge in [-0.2, -0.15) is 0 Å². The zero-order valence-electron chi connectivity index (χ0n) is 12.3. The molecular weight excluding hydrogens is 278 g/mol. The Labute approximate surface area is 121 Å². The fourth-order valence-corrected chi connectivity index (χ4v) is 3.31. The average Bonchev–Trinajstić information content (AvgIpc) is 2.44. The molecular formula is C14H23NO4S. The number of rotatable bonds is 9. The molecule has 0 saturated heterocycles. The normalized spacial score (nSPS) is 13.2. The fraction of sp³-hybridized carbons (Fsp3) is 0.571. The molecule has 6 heteroatoms. The summed E-state index contributed by atoms with van der Waals surface area (Å²) in [5, 5.41) is 3.04. The van der Waals surface area contributed by atoms with Gasteiger partial charge in [0, 0.05) is 13.2 Å². The lowest BCUT2D eigenvalue weighted by Crippen LogP contribution is -2.27. The van der Waals surface area contributed by atoms with Crippen molar-refractivity contribution in [1.29, 1.82) is 0 Å². The van der Waals surface area contributed by atoms with Gasteiger partial charge in [0.2, 0.25) is 0 Å². The quantitative estimate of drug-likeness (QED) is 0.747. The second-order valence-electron chi connectivity index (χ2n) is 4.45. The van der Waals surface area contributed by atoms with Gasteiger partial charge in [0.05, 0.1) is 24.7 Å². The van der Waals surface area contributed by atoms with Crippen LogP contribution in [0.1, 0.15) is 18.5 Å². The number of benzene rings is 1. The van der Waals surface area contributed by atoms with Crippen LogP contribution >= 0.6 is 0 Å². The van der Waals surface area contributed by atoms with Gasteiger partial charge in [-0.1, -0.05) is 12.1 Å². The van der Waals surface area contributed by atoms with Gasteiger partial charge in [-0.15, -0.1) is 0 Å². The van der Waals surface area contributed by atoms with Crippen LogP contribution in [0.15, 0.2) is 24.3 Å². The van der Waals surface area contributed by atoms with E-state index >= 15 is 0 Å². The van der Waals surface area contributed by atoms with E-state index in [1.165, 1.54) is 7.11 Å². The maximum atomic E-state index is 12.0. The summed E-state index contributed by atoms with van der Waals surface area (Å²) >= 11 is 0. The molecule has 0 heterocycles. The standard InChI is InChI=1S/C14H23NO4S/c1-4-19-13-7-5-12(6-8-13)14(15-2)11-20(16,17)10-9-18-3/h5-8,14-15H,4,9-11H2,1-3H3. The van der Waals surface area contributed by atoms with Gasteiger partial charge in [-0.05, 0) is 31.7 Å². The summed E-state index contributed by atoms with van der Waals surface area (Å²) in [6.45, 7) is 2.76. The van der Waals surface area contributed by atoms with E-state index in [-0.39, 0.29) is 24.2 Å². The van der Waals surface area contributed by atoms with E-state index in [4.69, 9.17) is 9.47 Å². The molecule has 0 aliphatic heterocycles. The molecule has 114 valence electrons. The number of methoxy groups -OCH3 is 1. The minimum atomic E-state index is -3.14. The lowest BCUT2D eigenvalue weighted by Gasteiger charge is -2.17. The highest BCUT2D eigenvalue weighted by Gasteiger charge is 2.19. The Morgan fingerprint density at radius 1 is 1.25 bits per heavy atom. The first-order valence-corrected chi connectivity index (χ1v) is 8.44. The lowest BCUT2D eigenvalue weighted by atomic mass is 10.1. The Balaban J connectivity index is 2.75. The van der Waals surface area contributed by atoms with Crippen LogP contribution in [0.2, 0.25) is 0 Å². The van der Waals surface area contributed by atoms with Gasteiger partial charge < -0.3 is 14.8 Å². The van der Waals surface area contributed by atoms with Crippen LogP contribution in [-0.4, -0.2) is 47.3 Å². The molecule has 0 radical (unpaired) electrons. The van der Waals surface area contributed by atoms with E-state index in [0.29, 0.717) is 6.61 Å². The van der Waals surface area contributed by atoms with E-state index in [1.807, 2.05) is 31.2 Å². The van der Waals surface area contributed by atoms with E-state index < -0.39 is 9.84 Å². The van der Waals surface area contributed by atoms with Gasteiger partial charge in [0.15, 0.2) is 9.84 Å². The molecule has 1 atom stereocenters. The topological polar surface area (TPSA) is 64.6 Å². The third kappa shape index (κ3) is 5.48. The molecule has 1 unspecified atom stereocenters. The highest BCUT2D eigenvalue weighted by atomic mass is 32.2. The first-order valence-electron chi connectivity index (χ1n) is 6.61. The summed E-state index contributed by atoms with van der Waals surface area (Å²) in [6.07, 6.45) is 0. The van der Waals surface area contributed by atoms with Crippen molar-refractivity contribution in [1.82, 2.24) is 5.32 Å². The SMILES string of the molecule is CCOc1ccc(C(CS(=O)(=O)CCOC)NC)cc1. The maximum Gasteiger partial charge on any atom is 0.154 e. The molecule has 0 aromatic heterocycles. The Morgan fingerprint density at radius 3 is 2.40 bits per heavy atom. The van der Waals surface area contributed by atoms with Crippen molar-refractivity contribution in [3.63, 3.8) is 0 Å². The molecule has 0 bridgehead atoms. The third-order valence-electron chi connectivity index (χ3n) is 2.96. The first-order chi connectivity index (χ1) is 9.52. The minimum Gasteiger partial charge on any atom is -0.494 e. The van der Waals surface area contributed by atoms with Crippen LogP contribution in [-0.2, 0) is 14.6 Å². The molecule has 5 nitrogen and oxygen atoms in total. The summed E-state index contributed by atoms with van der Waals surface area (Å²) in [7, 11) is 0.112. The molecule has 0 saturated carbocycles. The summed E-state index contributed by atoms with van der Waals surface area (Å²) < 4.78 is 34.1. The van der Waals surface area contributed by atoms with Crippen LogP contribution in [0, 0.1) is 0 Å². The van der Waals surface area contributed by atoms with Crippen LogP contribution in [0.5, 0.6) is 5.75 Å². The smallest absolute Gasteiger partial charge is 0.154 e. The van der Waals surface area contributed by atoms with Crippen molar-refractivity contribution in [3.05, 3.63) is 29.8 Å². The van der Waals surface area contributed by atoms with Gasteiger partial charge in [0.25, 0.3) is 0 Å². The van der Waals surface area contributed by atoms with E-state index in [0.717, 1.165) is 11.3 Å². The van der Waals surface area contributed by atoms with Crippen molar-refractivity contribution in [2.75, 3.05) is 38.9 Å². The Bertz CT molecular complexity index is 484. The monoisotopic (exact) mass is 301 g/mol. The molecule has 1 rings (SSSR count). The Hall–Kier alpha value is -1.11. The van der Waals surface area contributed by atoms with Gasteiger partial charge in [0.1, 0.15) is 5.75 Å².